The second-order valence-electron chi connectivity index (χ2n) is 5.34. The summed E-state index contributed by atoms with van der Waals surface area (Å²) in [6.45, 7) is 3.37. The van der Waals surface area contributed by atoms with E-state index in [1.807, 2.05) is 23.2 Å². The number of rotatable bonds is 4. The van der Waals surface area contributed by atoms with Gasteiger partial charge in [0.15, 0.2) is 0 Å². The highest BCUT2D eigenvalue weighted by Gasteiger charge is 2.16. The Kier molecular flexibility index (Phi) is 4.52. The molecule has 0 bridgehead atoms. The molecule has 0 unspecified atom stereocenters. The number of hydrogen-bond donors (Lipinski definition) is 0. The summed E-state index contributed by atoms with van der Waals surface area (Å²) in [7, 11) is 0. The minimum atomic E-state index is -0.380. The summed E-state index contributed by atoms with van der Waals surface area (Å²) in [4.78, 5) is 12.9. The fourth-order valence-corrected chi connectivity index (χ4v) is 2.62. The van der Waals surface area contributed by atoms with Crippen LogP contribution in [0.1, 0.15) is 5.56 Å². The molecule has 0 atom stereocenters. The van der Waals surface area contributed by atoms with Crippen LogP contribution in [0.4, 0.5) is 11.4 Å². The van der Waals surface area contributed by atoms with Crippen molar-refractivity contribution in [1.29, 1.82) is 0 Å². The van der Waals surface area contributed by atoms with Crippen molar-refractivity contribution in [3.8, 4) is 0 Å². The summed E-state index contributed by atoms with van der Waals surface area (Å²) in [5, 5.41) is 17.4. The summed E-state index contributed by atoms with van der Waals surface area (Å²) in [5.74, 6) is 0. The van der Waals surface area contributed by atoms with Crippen molar-refractivity contribution < 1.29 is 4.92 Å². The average molecular weight is 310 g/mol. The fraction of sp³-hybridized carbons (Fsp3) is 0.235. The molecule has 2 aromatic carbocycles. The fourth-order valence-electron chi connectivity index (χ4n) is 2.62. The molecule has 3 rings (SSSR count). The van der Waals surface area contributed by atoms with Gasteiger partial charge < -0.3 is 4.90 Å². The van der Waals surface area contributed by atoms with Gasteiger partial charge in [-0.15, -0.1) is 0 Å². The first-order valence-corrected chi connectivity index (χ1v) is 7.56. The maximum atomic E-state index is 11.0. The second-order valence-corrected chi connectivity index (χ2v) is 5.34. The lowest BCUT2D eigenvalue weighted by Crippen LogP contribution is -2.44. The van der Waals surface area contributed by atoms with E-state index >= 15 is 0 Å². The number of nitro benzene ring substituents is 1. The molecule has 1 aliphatic rings. The van der Waals surface area contributed by atoms with E-state index in [-0.39, 0.29) is 10.6 Å². The molecule has 118 valence electrons. The Morgan fingerprint density at radius 3 is 2.30 bits per heavy atom. The monoisotopic (exact) mass is 310 g/mol. The Labute approximate surface area is 134 Å². The van der Waals surface area contributed by atoms with Crippen molar-refractivity contribution in [2.24, 2.45) is 5.10 Å². The third kappa shape index (κ3) is 3.66. The molecule has 6 nitrogen and oxygen atoms in total. The van der Waals surface area contributed by atoms with Crippen LogP contribution in [-0.4, -0.2) is 42.3 Å². The molecule has 0 saturated carbocycles. The lowest BCUT2D eigenvalue weighted by molar-refractivity contribution is -0.385. The van der Waals surface area contributed by atoms with Gasteiger partial charge in [0.05, 0.1) is 29.8 Å². The summed E-state index contributed by atoms with van der Waals surface area (Å²) in [6.07, 6.45) is 1.58. The van der Waals surface area contributed by atoms with E-state index in [2.05, 4.69) is 22.1 Å². The van der Waals surface area contributed by atoms with Gasteiger partial charge in [-0.25, -0.2) is 0 Å². The summed E-state index contributed by atoms with van der Waals surface area (Å²) in [6, 6.07) is 16.9. The highest BCUT2D eigenvalue weighted by Crippen LogP contribution is 2.17. The van der Waals surface area contributed by atoms with E-state index in [1.54, 1.807) is 24.4 Å². The van der Waals surface area contributed by atoms with Gasteiger partial charge in [0.2, 0.25) is 0 Å². The summed E-state index contributed by atoms with van der Waals surface area (Å²) < 4.78 is 0. The first kappa shape index (κ1) is 15.0. The molecule has 0 aromatic heterocycles. The SMILES string of the molecule is O=[N+]([O-])c1ccccc1/C=N\N1CCN(c2ccccc2)CC1. The van der Waals surface area contributed by atoms with Gasteiger partial charge >= 0.3 is 0 Å². The second kappa shape index (κ2) is 6.91. The minimum absolute atomic E-state index is 0.0826. The van der Waals surface area contributed by atoms with Crippen LogP contribution in [0.15, 0.2) is 59.7 Å². The van der Waals surface area contributed by atoms with Crippen LogP contribution < -0.4 is 4.90 Å². The van der Waals surface area contributed by atoms with Crippen LogP contribution in [0.2, 0.25) is 0 Å². The molecule has 1 aliphatic heterocycles. The lowest BCUT2D eigenvalue weighted by atomic mass is 10.2. The number of para-hydroxylation sites is 2. The van der Waals surface area contributed by atoms with Crippen LogP contribution in [0.5, 0.6) is 0 Å². The van der Waals surface area contributed by atoms with Crippen LogP contribution in [0.3, 0.4) is 0 Å². The molecule has 6 heteroatoms. The minimum Gasteiger partial charge on any atom is -0.368 e. The highest BCUT2D eigenvalue weighted by atomic mass is 16.6. The van der Waals surface area contributed by atoms with Gasteiger partial charge in [0.1, 0.15) is 0 Å². The van der Waals surface area contributed by atoms with Crippen LogP contribution in [0.25, 0.3) is 0 Å². The van der Waals surface area contributed by atoms with Crippen molar-refractivity contribution in [2.75, 3.05) is 31.1 Å². The molecule has 23 heavy (non-hydrogen) atoms. The molecule has 0 N–H and O–H groups in total. The van der Waals surface area contributed by atoms with Crippen molar-refractivity contribution in [3.63, 3.8) is 0 Å². The number of hydrazone groups is 1. The quantitative estimate of drug-likeness (QED) is 0.495. The largest absolute Gasteiger partial charge is 0.368 e. The predicted molar refractivity (Wildman–Crippen MR) is 90.9 cm³/mol. The standard InChI is InChI=1S/C17H18N4O2/c22-21(23)17-9-5-4-6-15(17)14-18-20-12-10-19(11-13-20)16-7-2-1-3-8-16/h1-9,14H,10-13H2/b18-14-. The van der Waals surface area contributed by atoms with E-state index < -0.39 is 0 Å². The van der Waals surface area contributed by atoms with Crippen LogP contribution >= 0.6 is 0 Å². The molecule has 0 radical (unpaired) electrons. The van der Waals surface area contributed by atoms with Gasteiger partial charge in [-0.05, 0) is 18.2 Å². The molecule has 2 aromatic rings. The Hall–Kier alpha value is -2.89. The van der Waals surface area contributed by atoms with E-state index in [0.29, 0.717) is 5.56 Å². The third-order valence-corrected chi connectivity index (χ3v) is 3.87. The van der Waals surface area contributed by atoms with Crippen LogP contribution in [0, 0.1) is 10.1 Å². The van der Waals surface area contributed by atoms with Gasteiger partial charge in [-0.2, -0.15) is 5.10 Å². The van der Waals surface area contributed by atoms with Crippen molar-refractivity contribution in [2.45, 2.75) is 0 Å². The first-order chi connectivity index (χ1) is 11.2. The average Bonchev–Trinajstić information content (AvgIpc) is 2.61. The van der Waals surface area contributed by atoms with E-state index in [0.717, 1.165) is 26.2 Å². The molecule has 0 amide bonds. The van der Waals surface area contributed by atoms with Crippen molar-refractivity contribution in [3.05, 3.63) is 70.3 Å². The zero-order valence-electron chi connectivity index (χ0n) is 12.7. The molecule has 1 fully saturated rings. The van der Waals surface area contributed by atoms with Gasteiger partial charge in [-0.1, -0.05) is 30.3 Å². The zero-order valence-corrected chi connectivity index (χ0v) is 12.7. The maximum absolute atomic E-state index is 11.0. The van der Waals surface area contributed by atoms with E-state index in [9.17, 15) is 10.1 Å². The number of nitro groups is 1. The molecular weight excluding hydrogens is 292 g/mol. The van der Waals surface area contributed by atoms with Gasteiger partial charge in [-0.3, -0.25) is 15.1 Å². The van der Waals surface area contributed by atoms with Gasteiger partial charge in [0, 0.05) is 24.8 Å². The Morgan fingerprint density at radius 1 is 0.957 bits per heavy atom. The molecule has 0 spiro atoms. The normalized spacial score (nSPS) is 15.1. The smallest absolute Gasteiger partial charge is 0.278 e. The molecular formula is C17H18N4O2. The van der Waals surface area contributed by atoms with Gasteiger partial charge in [0.25, 0.3) is 5.69 Å². The number of benzene rings is 2. The third-order valence-electron chi connectivity index (χ3n) is 3.87. The molecule has 1 saturated heterocycles. The predicted octanol–water partition coefficient (Wildman–Crippen LogP) is 2.75. The van der Waals surface area contributed by atoms with E-state index in [4.69, 9.17) is 0 Å². The zero-order chi connectivity index (χ0) is 16.1. The number of piperazine rings is 1. The highest BCUT2D eigenvalue weighted by molar-refractivity contribution is 5.85. The van der Waals surface area contributed by atoms with E-state index in [1.165, 1.54) is 11.8 Å². The summed E-state index contributed by atoms with van der Waals surface area (Å²) in [5.41, 5.74) is 1.83. The Bertz CT molecular complexity index is 695. The maximum Gasteiger partial charge on any atom is 0.278 e. The summed E-state index contributed by atoms with van der Waals surface area (Å²) >= 11 is 0. The van der Waals surface area contributed by atoms with Crippen molar-refractivity contribution in [1.82, 2.24) is 5.01 Å². The lowest BCUT2D eigenvalue weighted by Gasteiger charge is -2.34. The number of nitrogens with zero attached hydrogens (tertiary/aromatic N) is 4. The topological polar surface area (TPSA) is 62.0 Å². The molecule has 1 heterocycles. The number of hydrogen-bond acceptors (Lipinski definition) is 5. The van der Waals surface area contributed by atoms with Crippen molar-refractivity contribution >= 4 is 17.6 Å². The molecule has 0 aliphatic carbocycles. The first-order valence-electron chi connectivity index (χ1n) is 7.56. The Morgan fingerprint density at radius 2 is 1.61 bits per heavy atom. The number of anilines is 1. The van der Waals surface area contributed by atoms with Crippen LogP contribution in [-0.2, 0) is 0 Å². The Balaban J connectivity index is 1.62.